The zero-order chi connectivity index (χ0) is 17.4. The van der Waals surface area contributed by atoms with Gasteiger partial charge in [-0.1, -0.05) is 0 Å². The summed E-state index contributed by atoms with van der Waals surface area (Å²) in [6.07, 6.45) is 0. The molecule has 0 spiro atoms. The van der Waals surface area contributed by atoms with Gasteiger partial charge in [-0.15, -0.1) is 0 Å². The summed E-state index contributed by atoms with van der Waals surface area (Å²) in [6.45, 7) is 3.32. The Hall–Kier alpha value is -2.32. The van der Waals surface area contributed by atoms with Crippen LogP contribution in [0.2, 0.25) is 0 Å². The van der Waals surface area contributed by atoms with E-state index in [0.29, 0.717) is 17.2 Å². The highest BCUT2D eigenvalue weighted by Gasteiger charge is 2.17. The molecule has 2 aromatic carbocycles. The number of amides is 1. The lowest BCUT2D eigenvalue weighted by Crippen LogP contribution is -2.17. The maximum atomic E-state index is 13.6. The Balaban J connectivity index is 2.43. The molecule has 0 radical (unpaired) electrons. The Kier molecular flexibility index (Phi) is 4.49. The molecule has 0 heterocycles. The molecule has 0 aliphatic heterocycles. The molecule has 8 heteroatoms. The molecule has 0 atom stereocenters. The third-order valence-electron chi connectivity index (χ3n) is 3.39. The molecule has 0 unspecified atom stereocenters. The van der Waals surface area contributed by atoms with E-state index >= 15 is 0 Å². The van der Waals surface area contributed by atoms with Gasteiger partial charge in [0, 0.05) is 11.8 Å². The molecule has 3 N–H and O–H groups in total. The van der Waals surface area contributed by atoms with Gasteiger partial charge in [0.25, 0.3) is 5.91 Å². The van der Waals surface area contributed by atoms with E-state index in [-0.39, 0.29) is 16.1 Å². The fourth-order valence-corrected chi connectivity index (χ4v) is 2.61. The molecule has 0 saturated carbocycles. The first-order chi connectivity index (χ1) is 10.6. The van der Waals surface area contributed by atoms with Crippen molar-refractivity contribution >= 4 is 21.6 Å². The Morgan fingerprint density at radius 1 is 1.13 bits per heavy atom. The highest BCUT2D eigenvalue weighted by molar-refractivity contribution is 7.89. The molecular weight excluding hydrogens is 326 g/mol. The summed E-state index contributed by atoms with van der Waals surface area (Å²) in [6, 6.07) is 5.12. The number of hydrogen-bond acceptors (Lipinski definition) is 3. The fraction of sp³-hybridized carbons (Fsp3) is 0.133. The van der Waals surface area contributed by atoms with Crippen LogP contribution in [0.5, 0.6) is 0 Å². The number of nitrogens with one attached hydrogen (secondary N) is 1. The molecule has 0 bridgehead atoms. The van der Waals surface area contributed by atoms with E-state index in [1.54, 1.807) is 13.8 Å². The quantitative estimate of drug-likeness (QED) is 0.899. The molecule has 0 aromatic heterocycles. The van der Waals surface area contributed by atoms with Gasteiger partial charge in [-0.05, 0) is 49.2 Å². The minimum atomic E-state index is -3.95. The van der Waals surface area contributed by atoms with Gasteiger partial charge in [0.05, 0.1) is 10.5 Å². The van der Waals surface area contributed by atoms with E-state index in [9.17, 15) is 22.0 Å². The van der Waals surface area contributed by atoms with Crippen LogP contribution >= 0.6 is 0 Å². The van der Waals surface area contributed by atoms with Gasteiger partial charge in [-0.3, -0.25) is 4.79 Å². The van der Waals surface area contributed by atoms with Gasteiger partial charge < -0.3 is 5.32 Å². The third kappa shape index (κ3) is 3.72. The second-order valence-corrected chi connectivity index (χ2v) is 6.60. The summed E-state index contributed by atoms with van der Waals surface area (Å²) in [5, 5.41) is 7.50. The lowest BCUT2D eigenvalue weighted by molar-refractivity contribution is 0.102. The number of rotatable bonds is 3. The molecule has 0 fully saturated rings. The molecule has 122 valence electrons. The van der Waals surface area contributed by atoms with Crippen LogP contribution in [0.3, 0.4) is 0 Å². The zero-order valence-corrected chi connectivity index (χ0v) is 13.2. The predicted octanol–water partition coefficient (Wildman–Crippen LogP) is 2.48. The molecule has 0 saturated heterocycles. The molecular formula is C15H14F2N2O3S. The lowest BCUT2D eigenvalue weighted by atomic mass is 10.1. The van der Waals surface area contributed by atoms with E-state index < -0.39 is 27.6 Å². The molecule has 23 heavy (non-hydrogen) atoms. The second kappa shape index (κ2) is 6.05. The Labute approximate surface area is 132 Å². The standard InChI is InChI=1S/C15H14F2N2O3S/c1-8-5-11(23(18,21)22)7-14(9(8)2)19-15(20)12-4-3-10(16)6-13(12)17/h3-7H,1-2H3,(H,19,20)(H2,18,21,22). The number of benzene rings is 2. The number of sulfonamides is 1. The molecule has 5 nitrogen and oxygen atoms in total. The van der Waals surface area contributed by atoms with Crippen molar-refractivity contribution in [3.63, 3.8) is 0 Å². The van der Waals surface area contributed by atoms with Crippen LogP contribution in [0.25, 0.3) is 0 Å². The van der Waals surface area contributed by atoms with Crippen LogP contribution in [-0.2, 0) is 10.0 Å². The number of carbonyl (C=O) groups is 1. The van der Waals surface area contributed by atoms with Crippen LogP contribution < -0.4 is 10.5 Å². The minimum Gasteiger partial charge on any atom is -0.322 e. The number of carbonyl (C=O) groups excluding carboxylic acids is 1. The van der Waals surface area contributed by atoms with Crippen molar-refractivity contribution in [2.75, 3.05) is 5.32 Å². The van der Waals surface area contributed by atoms with E-state index in [4.69, 9.17) is 5.14 Å². The van der Waals surface area contributed by atoms with E-state index in [2.05, 4.69) is 5.32 Å². The van der Waals surface area contributed by atoms with Gasteiger partial charge >= 0.3 is 0 Å². The van der Waals surface area contributed by atoms with Crippen LogP contribution in [0.1, 0.15) is 21.5 Å². The van der Waals surface area contributed by atoms with Crippen molar-refractivity contribution in [1.82, 2.24) is 0 Å². The molecule has 2 rings (SSSR count). The predicted molar refractivity (Wildman–Crippen MR) is 81.6 cm³/mol. The first kappa shape index (κ1) is 17.0. The maximum absolute atomic E-state index is 13.6. The Bertz CT molecular complexity index is 896. The van der Waals surface area contributed by atoms with Crippen molar-refractivity contribution in [2.45, 2.75) is 18.7 Å². The van der Waals surface area contributed by atoms with E-state index in [1.165, 1.54) is 12.1 Å². The Morgan fingerprint density at radius 3 is 2.35 bits per heavy atom. The fourth-order valence-electron chi connectivity index (χ4n) is 1.98. The average molecular weight is 340 g/mol. The monoisotopic (exact) mass is 340 g/mol. The molecule has 0 aliphatic carbocycles. The van der Waals surface area contributed by atoms with Gasteiger partial charge in [0.1, 0.15) is 11.6 Å². The molecule has 2 aromatic rings. The smallest absolute Gasteiger partial charge is 0.258 e. The van der Waals surface area contributed by atoms with Gasteiger partial charge in [0.2, 0.25) is 10.0 Å². The van der Waals surface area contributed by atoms with Crippen molar-refractivity contribution in [3.05, 3.63) is 58.7 Å². The number of hydrogen-bond donors (Lipinski definition) is 2. The normalized spacial score (nSPS) is 11.3. The summed E-state index contributed by atoms with van der Waals surface area (Å²) in [7, 11) is -3.95. The molecule has 1 amide bonds. The lowest BCUT2D eigenvalue weighted by Gasteiger charge is -2.13. The number of primary sulfonamides is 1. The number of anilines is 1. The van der Waals surface area contributed by atoms with E-state index in [0.717, 1.165) is 12.1 Å². The summed E-state index contributed by atoms with van der Waals surface area (Å²) in [5.74, 6) is -2.64. The third-order valence-corrected chi connectivity index (χ3v) is 4.29. The van der Waals surface area contributed by atoms with Gasteiger partial charge in [-0.25, -0.2) is 22.3 Å². The highest BCUT2D eigenvalue weighted by Crippen LogP contribution is 2.24. The summed E-state index contributed by atoms with van der Waals surface area (Å²) in [4.78, 5) is 11.9. The first-order valence-electron chi connectivity index (χ1n) is 6.50. The summed E-state index contributed by atoms with van der Waals surface area (Å²) >= 11 is 0. The second-order valence-electron chi connectivity index (χ2n) is 5.04. The largest absolute Gasteiger partial charge is 0.322 e. The number of nitrogens with two attached hydrogens (primary N) is 1. The van der Waals surface area contributed by atoms with Gasteiger partial charge in [-0.2, -0.15) is 0 Å². The maximum Gasteiger partial charge on any atom is 0.258 e. The zero-order valence-electron chi connectivity index (χ0n) is 12.4. The van der Waals surface area contributed by atoms with Crippen molar-refractivity contribution in [2.24, 2.45) is 5.14 Å². The summed E-state index contributed by atoms with van der Waals surface area (Å²) in [5.41, 5.74) is 1.02. The number of aryl methyl sites for hydroxylation is 1. The van der Waals surface area contributed by atoms with Crippen molar-refractivity contribution in [3.8, 4) is 0 Å². The van der Waals surface area contributed by atoms with Crippen LogP contribution in [-0.4, -0.2) is 14.3 Å². The highest BCUT2D eigenvalue weighted by atomic mass is 32.2. The summed E-state index contributed by atoms with van der Waals surface area (Å²) < 4.78 is 49.4. The van der Waals surface area contributed by atoms with Crippen LogP contribution in [0.4, 0.5) is 14.5 Å². The van der Waals surface area contributed by atoms with E-state index in [1.807, 2.05) is 0 Å². The van der Waals surface area contributed by atoms with Crippen molar-refractivity contribution < 1.29 is 22.0 Å². The SMILES string of the molecule is Cc1cc(S(N)(=O)=O)cc(NC(=O)c2ccc(F)cc2F)c1C. The van der Waals surface area contributed by atoms with Crippen molar-refractivity contribution in [1.29, 1.82) is 0 Å². The van der Waals surface area contributed by atoms with Crippen LogP contribution in [0, 0.1) is 25.5 Å². The van der Waals surface area contributed by atoms with Crippen LogP contribution in [0.15, 0.2) is 35.2 Å². The minimum absolute atomic E-state index is 0.171. The number of halogens is 2. The Morgan fingerprint density at radius 2 is 1.78 bits per heavy atom. The molecule has 0 aliphatic rings. The average Bonchev–Trinajstić information content (AvgIpc) is 2.42. The van der Waals surface area contributed by atoms with Gasteiger partial charge in [0.15, 0.2) is 0 Å². The first-order valence-corrected chi connectivity index (χ1v) is 8.04. The topological polar surface area (TPSA) is 89.3 Å².